The van der Waals surface area contributed by atoms with Crippen molar-refractivity contribution in [1.29, 1.82) is 0 Å². The third kappa shape index (κ3) is 3.55. The van der Waals surface area contributed by atoms with Gasteiger partial charge in [0.05, 0.1) is 22.8 Å². The first-order valence-corrected chi connectivity index (χ1v) is 11.1. The van der Waals surface area contributed by atoms with Crippen molar-refractivity contribution in [3.63, 3.8) is 0 Å². The van der Waals surface area contributed by atoms with E-state index in [0.717, 1.165) is 4.31 Å². The zero-order valence-corrected chi connectivity index (χ0v) is 18.2. The second kappa shape index (κ2) is 7.75. The van der Waals surface area contributed by atoms with Crippen LogP contribution in [0.15, 0.2) is 58.4 Å². The van der Waals surface area contributed by atoms with Crippen LogP contribution in [0.5, 0.6) is 0 Å². The number of esters is 1. The van der Waals surface area contributed by atoms with Crippen molar-refractivity contribution < 1.29 is 17.9 Å². The summed E-state index contributed by atoms with van der Waals surface area (Å²) in [5, 5.41) is 1.11. The van der Waals surface area contributed by atoms with E-state index in [0.29, 0.717) is 27.0 Å². The molecule has 0 bridgehead atoms. The number of aromatic nitrogens is 2. The summed E-state index contributed by atoms with van der Waals surface area (Å²) in [7, 11) is -2.52. The first-order chi connectivity index (χ1) is 14.7. The van der Waals surface area contributed by atoms with E-state index in [4.69, 9.17) is 16.3 Å². The minimum atomic E-state index is -3.95. The molecule has 0 aliphatic heterocycles. The van der Waals surface area contributed by atoms with Crippen molar-refractivity contribution in [3.8, 4) is 0 Å². The van der Waals surface area contributed by atoms with Crippen molar-refractivity contribution in [3.05, 3.63) is 69.6 Å². The fraction of sp³-hybridized carbons (Fsp3) is 0.143. The summed E-state index contributed by atoms with van der Waals surface area (Å²) in [5.74, 6) is -0.607. The highest BCUT2D eigenvalue weighted by molar-refractivity contribution is 7.92. The molecule has 0 atom stereocenters. The maximum Gasteiger partial charge on any atom is 0.340 e. The predicted molar refractivity (Wildman–Crippen MR) is 119 cm³/mol. The number of rotatable bonds is 5. The minimum Gasteiger partial charge on any atom is -0.462 e. The minimum absolute atomic E-state index is 0.00756. The highest BCUT2D eigenvalue weighted by Gasteiger charge is 2.24. The van der Waals surface area contributed by atoms with Crippen molar-refractivity contribution in [2.45, 2.75) is 11.8 Å². The van der Waals surface area contributed by atoms with Gasteiger partial charge in [-0.1, -0.05) is 17.7 Å². The van der Waals surface area contributed by atoms with Gasteiger partial charge in [-0.15, -0.1) is 0 Å². The molecule has 0 aliphatic rings. The van der Waals surface area contributed by atoms with Crippen LogP contribution in [0.2, 0.25) is 5.02 Å². The maximum atomic E-state index is 13.3. The molecule has 2 aromatic carbocycles. The molecular formula is C21H18ClN3O5S. The van der Waals surface area contributed by atoms with Gasteiger partial charge in [-0.25, -0.2) is 13.2 Å². The van der Waals surface area contributed by atoms with Gasteiger partial charge in [0.25, 0.3) is 15.6 Å². The van der Waals surface area contributed by atoms with Crippen molar-refractivity contribution in [1.82, 2.24) is 9.97 Å². The van der Waals surface area contributed by atoms with Gasteiger partial charge < -0.3 is 14.7 Å². The average molecular weight is 460 g/mol. The Morgan fingerprint density at radius 1 is 1.19 bits per heavy atom. The van der Waals surface area contributed by atoms with E-state index in [1.807, 2.05) is 0 Å². The number of fused-ring (bicyclic) bond motifs is 3. The van der Waals surface area contributed by atoms with Crippen LogP contribution in [0.25, 0.3) is 21.8 Å². The molecule has 31 heavy (non-hydrogen) atoms. The lowest BCUT2D eigenvalue weighted by Gasteiger charge is -2.20. The number of anilines is 1. The number of hydrogen-bond donors (Lipinski definition) is 2. The topological polar surface area (TPSA) is 112 Å². The van der Waals surface area contributed by atoms with E-state index < -0.39 is 21.6 Å². The molecule has 0 aliphatic carbocycles. The van der Waals surface area contributed by atoms with Crippen LogP contribution >= 0.6 is 11.6 Å². The standard InChI is InChI=1S/C21H18ClN3O5S/c1-3-30-21(27)16-11-23-19-18(16)15-10-14(7-8-17(15)24-20(19)26)31(28,29)25(2)13-6-4-5-12(22)9-13/h4-11,23H,3H2,1-2H3,(H,24,26). The van der Waals surface area contributed by atoms with Gasteiger partial charge in [0, 0.05) is 34.6 Å². The second-order valence-corrected chi connectivity index (χ2v) is 9.19. The molecule has 8 nitrogen and oxygen atoms in total. The van der Waals surface area contributed by atoms with E-state index in [1.165, 1.54) is 31.4 Å². The van der Waals surface area contributed by atoms with Crippen LogP contribution in [-0.4, -0.2) is 38.0 Å². The third-order valence-electron chi connectivity index (χ3n) is 4.94. The highest BCUT2D eigenvalue weighted by Crippen LogP contribution is 2.30. The summed E-state index contributed by atoms with van der Waals surface area (Å²) in [6.45, 7) is 1.84. The molecule has 0 saturated heterocycles. The van der Waals surface area contributed by atoms with E-state index in [1.54, 1.807) is 31.2 Å². The monoisotopic (exact) mass is 459 g/mol. The van der Waals surface area contributed by atoms with Gasteiger partial charge in [0.1, 0.15) is 5.52 Å². The van der Waals surface area contributed by atoms with Gasteiger partial charge in [-0.2, -0.15) is 0 Å². The Balaban J connectivity index is 1.93. The SMILES string of the molecule is CCOC(=O)c1c[nH]c2c(=O)[nH]c3ccc(S(=O)(=O)N(C)c4cccc(Cl)c4)cc3c12. The number of ether oxygens (including phenoxy) is 1. The summed E-state index contributed by atoms with van der Waals surface area (Å²) < 4.78 is 32.7. The predicted octanol–water partition coefficient (Wildman–Crippen LogP) is 3.66. The zero-order chi connectivity index (χ0) is 22.3. The van der Waals surface area contributed by atoms with Crippen molar-refractivity contribution >= 4 is 55.1 Å². The highest BCUT2D eigenvalue weighted by atomic mass is 35.5. The molecule has 0 unspecified atom stereocenters. The molecule has 0 spiro atoms. The van der Waals surface area contributed by atoms with Gasteiger partial charge >= 0.3 is 5.97 Å². The lowest BCUT2D eigenvalue weighted by atomic mass is 10.1. The van der Waals surface area contributed by atoms with Crippen LogP contribution in [0, 0.1) is 0 Å². The van der Waals surface area contributed by atoms with Crippen LogP contribution in [0.4, 0.5) is 5.69 Å². The summed E-state index contributed by atoms with van der Waals surface area (Å²) in [4.78, 5) is 30.3. The fourth-order valence-electron chi connectivity index (χ4n) is 3.41. The van der Waals surface area contributed by atoms with E-state index >= 15 is 0 Å². The molecule has 4 aromatic rings. The number of carbonyl (C=O) groups is 1. The molecule has 2 N–H and O–H groups in total. The first-order valence-electron chi connectivity index (χ1n) is 9.32. The van der Waals surface area contributed by atoms with Crippen molar-refractivity contribution in [2.75, 3.05) is 18.0 Å². The summed E-state index contributed by atoms with van der Waals surface area (Å²) in [5.41, 5.74) is 0.684. The Bertz CT molecular complexity index is 1490. The summed E-state index contributed by atoms with van der Waals surface area (Å²) >= 11 is 6.00. The molecule has 10 heteroatoms. The number of hydrogen-bond acceptors (Lipinski definition) is 5. The first kappa shape index (κ1) is 21.0. The third-order valence-corrected chi connectivity index (χ3v) is 6.96. The number of halogens is 1. The lowest BCUT2D eigenvalue weighted by molar-refractivity contribution is 0.0529. The van der Waals surface area contributed by atoms with Gasteiger partial charge in [0.15, 0.2) is 0 Å². The number of nitrogens with zero attached hydrogens (tertiary/aromatic N) is 1. The summed E-state index contributed by atoms with van der Waals surface area (Å²) in [6.07, 6.45) is 1.39. The maximum absolute atomic E-state index is 13.3. The molecule has 0 amide bonds. The lowest BCUT2D eigenvalue weighted by Crippen LogP contribution is -2.26. The fourth-order valence-corrected chi connectivity index (χ4v) is 4.80. The van der Waals surface area contributed by atoms with Crippen LogP contribution in [-0.2, 0) is 14.8 Å². The van der Waals surface area contributed by atoms with E-state index in [2.05, 4.69) is 9.97 Å². The van der Waals surface area contributed by atoms with Crippen LogP contribution < -0.4 is 9.86 Å². The van der Waals surface area contributed by atoms with Crippen LogP contribution in [0.1, 0.15) is 17.3 Å². The van der Waals surface area contributed by atoms with Crippen LogP contribution in [0.3, 0.4) is 0 Å². The molecule has 2 heterocycles. The Hall–Kier alpha value is -3.30. The van der Waals surface area contributed by atoms with Gasteiger partial charge in [-0.3, -0.25) is 9.10 Å². The number of H-pyrrole nitrogens is 2. The van der Waals surface area contributed by atoms with Crippen molar-refractivity contribution in [2.24, 2.45) is 0 Å². The zero-order valence-electron chi connectivity index (χ0n) is 16.6. The molecule has 0 radical (unpaired) electrons. The largest absolute Gasteiger partial charge is 0.462 e. The van der Waals surface area contributed by atoms with E-state index in [-0.39, 0.29) is 22.6 Å². The quantitative estimate of drug-likeness (QED) is 0.442. The number of pyridine rings is 1. The normalized spacial score (nSPS) is 11.7. The molecular weight excluding hydrogens is 442 g/mol. The Kier molecular flexibility index (Phi) is 5.24. The number of sulfonamides is 1. The van der Waals surface area contributed by atoms with E-state index in [9.17, 15) is 18.0 Å². The number of nitrogens with one attached hydrogen (secondary N) is 2. The number of carbonyl (C=O) groups excluding carboxylic acids is 1. The Morgan fingerprint density at radius 2 is 1.97 bits per heavy atom. The molecule has 0 saturated carbocycles. The second-order valence-electron chi connectivity index (χ2n) is 6.79. The Labute approximate surface area is 182 Å². The molecule has 4 rings (SSSR count). The Morgan fingerprint density at radius 3 is 2.68 bits per heavy atom. The van der Waals surface area contributed by atoms with Gasteiger partial charge in [-0.05, 0) is 43.3 Å². The molecule has 2 aromatic heterocycles. The smallest absolute Gasteiger partial charge is 0.340 e. The number of aromatic amines is 2. The van der Waals surface area contributed by atoms with Gasteiger partial charge in [0.2, 0.25) is 0 Å². The summed E-state index contributed by atoms with van der Waals surface area (Å²) in [6, 6.07) is 10.8. The number of benzene rings is 2. The average Bonchev–Trinajstić information content (AvgIpc) is 3.19. The molecule has 160 valence electrons. The molecule has 0 fully saturated rings.